The molecule has 1 aliphatic rings. The Balaban J connectivity index is 0.000000167. The molecule has 0 radical (unpaired) electrons. The van der Waals surface area contributed by atoms with Crippen LogP contribution in [0.15, 0.2) is 182 Å². The molecule has 7 rings (SSSR count). The van der Waals surface area contributed by atoms with E-state index in [1.165, 1.54) is 54.9 Å². The SMILES string of the molecule is C1=C(c2ccccc2)C=C(c2ccccc2)CN1.Cc1ccc(-c2cccc(P(c3ccccc3)c3ccccc3)c2)cc1. The predicted molar refractivity (Wildman–Crippen MR) is 192 cm³/mol. The van der Waals surface area contributed by atoms with Crippen LogP contribution in [0.4, 0.5) is 0 Å². The highest BCUT2D eigenvalue weighted by molar-refractivity contribution is 7.79. The highest BCUT2D eigenvalue weighted by Crippen LogP contribution is 2.34. The van der Waals surface area contributed by atoms with Gasteiger partial charge in [-0.25, -0.2) is 0 Å². The van der Waals surface area contributed by atoms with Gasteiger partial charge in [0, 0.05) is 12.7 Å². The molecule has 1 N–H and O–H groups in total. The summed E-state index contributed by atoms with van der Waals surface area (Å²) < 4.78 is 0. The summed E-state index contributed by atoms with van der Waals surface area (Å²) >= 11 is 0. The standard InChI is InChI=1S/C25H21P.C17H15N/c1-20-15-17-21(18-16-20)22-9-8-14-25(19-22)26(23-10-4-2-5-11-23)24-12-6-3-7-13-24;1-3-7-14(8-4-1)16-11-17(13-18-12-16)15-9-5-2-6-10-15/h2-19H,1H3;1-12,18H,13H2. The van der Waals surface area contributed by atoms with Gasteiger partial charge < -0.3 is 5.32 Å². The third-order valence-corrected chi connectivity index (χ3v) is 10.1. The van der Waals surface area contributed by atoms with Gasteiger partial charge in [-0.05, 0) is 76.3 Å². The first-order valence-corrected chi connectivity index (χ1v) is 16.4. The van der Waals surface area contributed by atoms with E-state index in [1.807, 2.05) is 12.1 Å². The molecule has 0 aliphatic carbocycles. The van der Waals surface area contributed by atoms with E-state index < -0.39 is 7.92 Å². The Morgan fingerprint density at radius 1 is 0.455 bits per heavy atom. The van der Waals surface area contributed by atoms with Crippen LogP contribution in [0.25, 0.3) is 22.3 Å². The first kappa shape index (κ1) is 29.1. The monoisotopic (exact) mass is 585 g/mol. The molecule has 1 nitrogen and oxygen atoms in total. The summed E-state index contributed by atoms with van der Waals surface area (Å²) in [6.45, 7) is 3.02. The summed E-state index contributed by atoms with van der Waals surface area (Å²) in [6, 6.07) is 60.5. The molecule has 6 aromatic carbocycles. The maximum Gasteiger partial charge on any atom is 0.0401 e. The van der Waals surface area contributed by atoms with Gasteiger partial charge in [-0.15, -0.1) is 0 Å². The highest BCUT2D eigenvalue weighted by atomic mass is 31.1. The van der Waals surface area contributed by atoms with Gasteiger partial charge in [0.2, 0.25) is 0 Å². The molecule has 214 valence electrons. The summed E-state index contributed by atoms with van der Waals surface area (Å²) in [7, 11) is -0.559. The van der Waals surface area contributed by atoms with E-state index in [0.29, 0.717) is 0 Å². The second-order valence-corrected chi connectivity index (χ2v) is 13.0. The van der Waals surface area contributed by atoms with Crippen LogP contribution >= 0.6 is 7.92 Å². The molecule has 0 amide bonds. The Bertz CT molecular complexity index is 1790. The molecule has 1 heterocycles. The van der Waals surface area contributed by atoms with Gasteiger partial charge in [0.25, 0.3) is 0 Å². The van der Waals surface area contributed by atoms with Crippen molar-refractivity contribution in [2.45, 2.75) is 6.92 Å². The van der Waals surface area contributed by atoms with Crippen LogP contribution in [0.2, 0.25) is 0 Å². The van der Waals surface area contributed by atoms with Crippen LogP contribution in [0, 0.1) is 6.92 Å². The van der Waals surface area contributed by atoms with Crippen molar-refractivity contribution in [1.29, 1.82) is 0 Å². The Labute approximate surface area is 263 Å². The van der Waals surface area contributed by atoms with E-state index in [-0.39, 0.29) is 0 Å². The maximum atomic E-state index is 3.35. The number of allylic oxidation sites excluding steroid dienone is 2. The smallest absolute Gasteiger partial charge is 0.0401 e. The number of aryl methyl sites for hydroxylation is 1. The molecule has 6 aromatic rings. The minimum Gasteiger partial charge on any atom is -0.386 e. The van der Waals surface area contributed by atoms with Crippen LogP contribution in [-0.2, 0) is 0 Å². The molecule has 0 fully saturated rings. The van der Waals surface area contributed by atoms with Crippen molar-refractivity contribution in [3.63, 3.8) is 0 Å². The maximum absolute atomic E-state index is 3.35. The summed E-state index contributed by atoms with van der Waals surface area (Å²) in [5.41, 5.74) is 8.94. The van der Waals surface area contributed by atoms with Crippen molar-refractivity contribution in [3.05, 3.63) is 199 Å². The zero-order valence-corrected chi connectivity index (χ0v) is 25.9. The summed E-state index contributed by atoms with van der Waals surface area (Å²) in [5, 5.41) is 7.50. The molecular weight excluding hydrogens is 549 g/mol. The number of dihydropyridines is 1. The Hall–Kier alpha value is -4.97. The van der Waals surface area contributed by atoms with E-state index in [9.17, 15) is 0 Å². The van der Waals surface area contributed by atoms with Gasteiger partial charge in [-0.2, -0.15) is 0 Å². The Kier molecular flexibility index (Phi) is 9.58. The first-order valence-electron chi connectivity index (χ1n) is 15.1. The Morgan fingerprint density at radius 2 is 0.955 bits per heavy atom. The lowest BCUT2D eigenvalue weighted by Crippen LogP contribution is -2.20. The van der Waals surface area contributed by atoms with Crippen molar-refractivity contribution in [2.75, 3.05) is 6.54 Å². The fourth-order valence-corrected chi connectivity index (χ4v) is 7.70. The van der Waals surface area contributed by atoms with Crippen LogP contribution in [-0.4, -0.2) is 6.54 Å². The summed E-state index contributed by atoms with van der Waals surface area (Å²) in [6.07, 6.45) is 4.35. The minimum atomic E-state index is -0.559. The fourth-order valence-electron chi connectivity index (χ4n) is 5.36. The molecule has 0 saturated heterocycles. The second kappa shape index (κ2) is 14.5. The Morgan fingerprint density at radius 3 is 1.55 bits per heavy atom. The average Bonchev–Trinajstić information content (AvgIpc) is 3.11. The van der Waals surface area contributed by atoms with E-state index in [2.05, 4.69) is 182 Å². The molecule has 0 spiro atoms. The molecule has 0 unspecified atom stereocenters. The van der Waals surface area contributed by atoms with E-state index in [0.717, 1.165) is 6.54 Å². The van der Waals surface area contributed by atoms with Gasteiger partial charge >= 0.3 is 0 Å². The summed E-state index contributed by atoms with van der Waals surface area (Å²) in [4.78, 5) is 0. The first-order chi connectivity index (χ1) is 21.7. The van der Waals surface area contributed by atoms with Crippen LogP contribution < -0.4 is 21.2 Å². The largest absolute Gasteiger partial charge is 0.386 e. The van der Waals surface area contributed by atoms with Crippen molar-refractivity contribution >= 4 is 35.0 Å². The van der Waals surface area contributed by atoms with Crippen LogP contribution in [0.3, 0.4) is 0 Å². The van der Waals surface area contributed by atoms with Crippen molar-refractivity contribution in [2.24, 2.45) is 0 Å². The molecule has 0 aromatic heterocycles. The number of nitrogens with one attached hydrogen (secondary N) is 1. The van der Waals surface area contributed by atoms with Gasteiger partial charge in [0.15, 0.2) is 0 Å². The van der Waals surface area contributed by atoms with Gasteiger partial charge in [-0.3, -0.25) is 0 Å². The molecule has 44 heavy (non-hydrogen) atoms. The molecule has 2 heteroatoms. The number of hydrogen-bond acceptors (Lipinski definition) is 1. The van der Waals surface area contributed by atoms with Crippen molar-refractivity contribution in [1.82, 2.24) is 5.32 Å². The minimum absolute atomic E-state index is 0.559. The lowest BCUT2D eigenvalue weighted by Gasteiger charge is -2.20. The van der Waals surface area contributed by atoms with E-state index in [4.69, 9.17) is 0 Å². The lowest BCUT2D eigenvalue weighted by atomic mass is 9.97. The number of benzene rings is 6. The highest BCUT2D eigenvalue weighted by Gasteiger charge is 2.16. The topological polar surface area (TPSA) is 12.0 Å². The quantitative estimate of drug-likeness (QED) is 0.192. The molecular formula is C42H36NP. The van der Waals surface area contributed by atoms with Crippen molar-refractivity contribution in [3.8, 4) is 11.1 Å². The van der Waals surface area contributed by atoms with E-state index >= 15 is 0 Å². The zero-order valence-electron chi connectivity index (χ0n) is 25.0. The number of hydrogen-bond donors (Lipinski definition) is 1. The molecule has 0 atom stereocenters. The normalized spacial score (nSPS) is 12.3. The number of rotatable bonds is 6. The van der Waals surface area contributed by atoms with Crippen molar-refractivity contribution < 1.29 is 0 Å². The van der Waals surface area contributed by atoms with Gasteiger partial charge in [0.1, 0.15) is 0 Å². The predicted octanol–water partition coefficient (Wildman–Crippen LogP) is 9.13. The van der Waals surface area contributed by atoms with Gasteiger partial charge in [-0.1, -0.05) is 169 Å². The lowest BCUT2D eigenvalue weighted by molar-refractivity contribution is 0.990. The third-order valence-electron chi connectivity index (χ3n) is 7.65. The summed E-state index contributed by atoms with van der Waals surface area (Å²) in [5.74, 6) is 0. The fraction of sp³-hybridized carbons (Fsp3) is 0.0476. The van der Waals surface area contributed by atoms with Crippen LogP contribution in [0.1, 0.15) is 16.7 Å². The van der Waals surface area contributed by atoms with E-state index in [1.54, 1.807) is 0 Å². The average molecular weight is 586 g/mol. The molecule has 1 aliphatic heterocycles. The van der Waals surface area contributed by atoms with Gasteiger partial charge in [0.05, 0.1) is 0 Å². The zero-order chi connectivity index (χ0) is 30.0. The molecule has 0 bridgehead atoms. The second-order valence-electron chi connectivity index (χ2n) is 10.8. The third kappa shape index (κ3) is 7.32. The van der Waals surface area contributed by atoms with Crippen LogP contribution in [0.5, 0.6) is 0 Å². The molecule has 0 saturated carbocycles.